The predicted octanol–water partition coefficient (Wildman–Crippen LogP) is 5.22. The van der Waals surface area contributed by atoms with E-state index < -0.39 is 0 Å². The molecule has 1 N–H and O–H groups in total. The van der Waals surface area contributed by atoms with Crippen LogP contribution in [0, 0.1) is 6.92 Å². The number of nitrogens with zero attached hydrogens (tertiary/aromatic N) is 2. The molecule has 156 valence electrons. The summed E-state index contributed by atoms with van der Waals surface area (Å²) in [5.74, 6) is 0.495. The Morgan fingerprint density at radius 1 is 1.13 bits per heavy atom. The van der Waals surface area contributed by atoms with Crippen LogP contribution < -0.4 is 14.8 Å². The Hall–Kier alpha value is -2.96. The monoisotopic (exact) mass is 445 g/mol. The summed E-state index contributed by atoms with van der Waals surface area (Å²) in [5, 5.41) is 8.09. The molecule has 0 unspecified atom stereocenters. The van der Waals surface area contributed by atoms with Gasteiger partial charge in [-0.05, 0) is 18.6 Å². The van der Waals surface area contributed by atoms with Gasteiger partial charge in [0.15, 0.2) is 0 Å². The number of hydrogen-bond acceptors (Lipinski definition) is 4. The number of benzene rings is 2. The number of halogens is 2. The Bertz CT molecular complexity index is 1080. The second-order valence-corrected chi connectivity index (χ2v) is 7.21. The second kappa shape index (κ2) is 9.69. The Morgan fingerprint density at radius 3 is 2.50 bits per heavy atom. The Balaban J connectivity index is 1.77. The highest BCUT2D eigenvalue weighted by Crippen LogP contribution is 2.35. The normalized spacial score (nSPS) is 11.0. The lowest BCUT2D eigenvalue weighted by Crippen LogP contribution is -2.09. The molecule has 30 heavy (non-hydrogen) atoms. The maximum atomic E-state index is 12.5. The molecule has 0 aliphatic rings. The average molecular weight is 446 g/mol. The first-order valence-corrected chi connectivity index (χ1v) is 9.86. The van der Waals surface area contributed by atoms with Crippen molar-refractivity contribution in [3.05, 3.63) is 75.5 Å². The van der Waals surface area contributed by atoms with Crippen molar-refractivity contribution in [3.63, 3.8) is 0 Å². The van der Waals surface area contributed by atoms with Crippen LogP contribution >= 0.6 is 23.2 Å². The zero-order valence-corrected chi connectivity index (χ0v) is 18.3. The van der Waals surface area contributed by atoms with Crippen LogP contribution in [0.3, 0.4) is 0 Å². The highest BCUT2D eigenvalue weighted by atomic mass is 35.5. The summed E-state index contributed by atoms with van der Waals surface area (Å²) in [5.41, 5.74) is 2.93. The van der Waals surface area contributed by atoms with Crippen LogP contribution in [0.5, 0.6) is 11.5 Å². The molecule has 2 aromatic carbocycles. The molecule has 0 aliphatic carbocycles. The van der Waals surface area contributed by atoms with E-state index in [1.165, 1.54) is 20.3 Å². The van der Waals surface area contributed by atoms with Crippen molar-refractivity contribution in [2.24, 2.45) is 0 Å². The summed E-state index contributed by atoms with van der Waals surface area (Å²) in [4.78, 5) is 12.5. The van der Waals surface area contributed by atoms with Crippen molar-refractivity contribution in [2.75, 3.05) is 19.5 Å². The number of aryl methyl sites for hydroxylation is 1. The highest BCUT2D eigenvalue weighted by molar-refractivity contribution is 6.32. The van der Waals surface area contributed by atoms with E-state index in [0.717, 1.165) is 11.3 Å². The number of aromatic nitrogens is 2. The van der Waals surface area contributed by atoms with Gasteiger partial charge in [0.25, 0.3) is 0 Å². The van der Waals surface area contributed by atoms with Gasteiger partial charge in [0.05, 0.1) is 37.2 Å². The van der Waals surface area contributed by atoms with Crippen molar-refractivity contribution >= 4 is 40.9 Å². The Morgan fingerprint density at radius 2 is 1.83 bits per heavy atom. The van der Waals surface area contributed by atoms with Crippen LogP contribution in [-0.2, 0) is 11.3 Å². The van der Waals surface area contributed by atoms with E-state index in [9.17, 15) is 4.79 Å². The molecule has 6 nitrogen and oxygen atoms in total. The largest absolute Gasteiger partial charge is 0.495 e. The number of rotatable bonds is 7. The third-order valence-electron chi connectivity index (χ3n) is 4.42. The number of carbonyl (C=O) groups is 1. The topological polar surface area (TPSA) is 65.4 Å². The van der Waals surface area contributed by atoms with Crippen LogP contribution in [-0.4, -0.2) is 29.9 Å². The summed E-state index contributed by atoms with van der Waals surface area (Å²) in [6.45, 7) is 2.39. The fourth-order valence-corrected chi connectivity index (χ4v) is 3.44. The van der Waals surface area contributed by atoms with Crippen molar-refractivity contribution in [1.82, 2.24) is 9.78 Å². The van der Waals surface area contributed by atoms with Gasteiger partial charge in [-0.3, -0.25) is 4.79 Å². The average Bonchev–Trinajstić information content (AvgIpc) is 3.00. The minimum Gasteiger partial charge on any atom is -0.495 e. The van der Waals surface area contributed by atoms with Gasteiger partial charge in [-0.1, -0.05) is 53.5 Å². The van der Waals surface area contributed by atoms with Crippen molar-refractivity contribution in [2.45, 2.75) is 13.5 Å². The van der Waals surface area contributed by atoms with Gasteiger partial charge < -0.3 is 14.8 Å². The summed E-state index contributed by atoms with van der Waals surface area (Å²) < 4.78 is 12.2. The van der Waals surface area contributed by atoms with Gasteiger partial charge in [0, 0.05) is 23.8 Å². The smallest absolute Gasteiger partial charge is 0.248 e. The van der Waals surface area contributed by atoms with E-state index in [-0.39, 0.29) is 5.91 Å². The number of ether oxygens (including phenoxy) is 2. The number of nitrogens with one attached hydrogen (secondary N) is 1. The molecule has 1 aromatic heterocycles. The molecule has 0 bridgehead atoms. The van der Waals surface area contributed by atoms with Crippen molar-refractivity contribution in [3.8, 4) is 11.5 Å². The summed E-state index contributed by atoms with van der Waals surface area (Å²) in [6, 6.07) is 13.1. The molecule has 1 heterocycles. The predicted molar refractivity (Wildman–Crippen MR) is 120 cm³/mol. The first-order chi connectivity index (χ1) is 14.4. The maximum Gasteiger partial charge on any atom is 0.248 e. The van der Waals surface area contributed by atoms with Crippen molar-refractivity contribution in [1.29, 1.82) is 0 Å². The molecule has 0 aliphatic heterocycles. The molecule has 0 atom stereocenters. The van der Waals surface area contributed by atoms with Crippen LogP contribution in [0.15, 0.2) is 48.5 Å². The molecule has 0 saturated carbocycles. The van der Waals surface area contributed by atoms with Gasteiger partial charge in [-0.2, -0.15) is 5.10 Å². The molecular weight excluding hydrogens is 425 g/mol. The lowest BCUT2D eigenvalue weighted by Gasteiger charge is -2.12. The molecule has 0 saturated heterocycles. The standard InChI is InChI=1S/C22H21Cl2N3O3/c1-14-16(22(24)27(26-14)13-15-7-5-4-6-8-15)9-10-21(28)25-18-12-19(29-2)17(23)11-20(18)30-3/h4-12H,13H2,1-3H3,(H,25,28)/b10-9+. The van der Waals surface area contributed by atoms with Crippen LogP contribution in [0.1, 0.15) is 16.8 Å². The summed E-state index contributed by atoms with van der Waals surface area (Å²) >= 11 is 12.6. The maximum absolute atomic E-state index is 12.5. The van der Waals surface area contributed by atoms with Gasteiger partial charge in [0.1, 0.15) is 16.7 Å². The lowest BCUT2D eigenvalue weighted by atomic mass is 10.2. The van der Waals surface area contributed by atoms with Gasteiger partial charge in [-0.15, -0.1) is 0 Å². The van der Waals surface area contributed by atoms with Crippen molar-refractivity contribution < 1.29 is 14.3 Å². The molecule has 8 heteroatoms. The summed E-state index contributed by atoms with van der Waals surface area (Å²) in [7, 11) is 2.99. The van der Waals surface area contributed by atoms with Crippen LogP contribution in [0.2, 0.25) is 10.2 Å². The lowest BCUT2D eigenvalue weighted by molar-refractivity contribution is -0.111. The molecule has 0 fully saturated rings. The van der Waals surface area contributed by atoms with Gasteiger partial charge >= 0.3 is 0 Å². The zero-order valence-electron chi connectivity index (χ0n) is 16.8. The first-order valence-electron chi connectivity index (χ1n) is 9.10. The van der Waals surface area contributed by atoms with Gasteiger partial charge in [0.2, 0.25) is 5.91 Å². The highest BCUT2D eigenvalue weighted by Gasteiger charge is 2.14. The number of anilines is 1. The SMILES string of the molecule is COc1cc(NC(=O)/C=C/c2c(C)nn(Cc3ccccc3)c2Cl)c(OC)cc1Cl. The first kappa shape index (κ1) is 21.7. The molecular formula is C22H21Cl2N3O3. The Labute approximate surface area is 185 Å². The third-order valence-corrected chi connectivity index (χ3v) is 5.11. The molecule has 0 radical (unpaired) electrons. The summed E-state index contributed by atoms with van der Waals surface area (Å²) in [6.07, 6.45) is 3.03. The minimum absolute atomic E-state index is 0.357. The Kier molecular flexibility index (Phi) is 7.03. The van der Waals surface area contributed by atoms with E-state index in [0.29, 0.717) is 39.5 Å². The molecule has 0 spiro atoms. The third kappa shape index (κ3) is 4.96. The molecule has 3 aromatic rings. The minimum atomic E-state index is -0.357. The number of hydrogen-bond donors (Lipinski definition) is 1. The number of methoxy groups -OCH3 is 2. The van der Waals surface area contributed by atoms with E-state index in [4.69, 9.17) is 32.7 Å². The molecule has 1 amide bonds. The molecule has 3 rings (SSSR count). The van der Waals surface area contributed by atoms with Gasteiger partial charge in [-0.25, -0.2) is 4.68 Å². The second-order valence-electron chi connectivity index (χ2n) is 6.44. The number of amides is 1. The zero-order chi connectivity index (χ0) is 21.7. The van der Waals surface area contributed by atoms with E-state index >= 15 is 0 Å². The fourth-order valence-electron chi connectivity index (χ4n) is 2.91. The van der Waals surface area contributed by atoms with E-state index in [1.54, 1.807) is 22.9 Å². The quantitative estimate of drug-likeness (QED) is 0.506. The van der Waals surface area contributed by atoms with E-state index in [1.807, 2.05) is 37.3 Å². The van der Waals surface area contributed by atoms with Crippen LogP contribution in [0.25, 0.3) is 6.08 Å². The number of carbonyl (C=O) groups excluding carboxylic acids is 1. The fraction of sp³-hybridized carbons (Fsp3) is 0.182. The van der Waals surface area contributed by atoms with E-state index in [2.05, 4.69) is 10.4 Å². The van der Waals surface area contributed by atoms with Crippen LogP contribution in [0.4, 0.5) is 5.69 Å².